The van der Waals surface area contributed by atoms with Crippen LogP contribution in [-0.2, 0) is 10.5 Å². The van der Waals surface area contributed by atoms with Gasteiger partial charge in [-0.3, -0.25) is 9.59 Å². The highest BCUT2D eigenvalue weighted by molar-refractivity contribution is 7.99. The number of thioether (sulfide) groups is 1. The van der Waals surface area contributed by atoms with Gasteiger partial charge in [0.1, 0.15) is 5.75 Å². The summed E-state index contributed by atoms with van der Waals surface area (Å²) in [7, 11) is 1.61. The van der Waals surface area contributed by atoms with Crippen LogP contribution in [0.1, 0.15) is 29.8 Å². The van der Waals surface area contributed by atoms with Crippen molar-refractivity contribution in [3.63, 3.8) is 0 Å². The van der Waals surface area contributed by atoms with Crippen molar-refractivity contribution in [2.45, 2.75) is 24.9 Å². The van der Waals surface area contributed by atoms with Crippen LogP contribution in [0.15, 0.2) is 42.5 Å². The molecule has 0 spiro atoms. The second-order valence-corrected chi connectivity index (χ2v) is 7.30. The monoisotopic (exact) mass is 377 g/mol. The molecule has 0 fully saturated rings. The van der Waals surface area contributed by atoms with Crippen LogP contribution < -0.4 is 10.1 Å². The van der Waals surface area contributed by atoms with E-state index in [0.29, 0.717) is 22.0 Å². The fraction of sp³-hybridized carbons (Fsp3) is 0.263. The first kappa shape index (κ1) is 19.3. The number of hydrogen-bond donors (Lipinski definition) is 1. The lowest BCUT2D eigenvalue weighted by molar-refractivity contribution is -0.115. The topological polar surface area (TPSA) is 55.4 Å². The molecule has 0 aromatic heterocycles. The lowest BCUT2D eigenvalue weighted by Crippen LogP contribution is -2.22. The Bertz CT molecular complexity index is 762. The quantitative estimate of drug-likeness (QED) is 0.703. The van der Waals surface area contributed by atoms with Crippen LogP contribution in [0.4, 0.5) is 5.69 Å². The predicted molar refractivity (Wildman–Crippen MR) is 104 cm³/mol. The highest BCUT2D eigenvalue weighted by atomic mass is 35.5. The van der Waals surface area contributed by atoms with Gasteiger partial charge >= 0.3 is 0 Å². The Balaban J connectivity index is 1.94. The van der Waals surface area contributed by atoms with Gasteiger partial charge in [0.25, 0.3) is 0 Å². The van der Waals surface area contributed by atoms with Crippen LogP contribution in [0.2, 0.25) is 5.02 Å². The first-order valence-corrected chi connectivity index (χ1v) is 9.19. The van der Waals surface area contributed by atoms with E-state index in [-0.39, 0.29) is 16.9 Å². The minimum absolute atomic E-state index is 0.00253. The maximum absolute atomic E-state index is 12.3. The van der Waals surface area contributed by atoms with Crippen LogP contribution in [0.5, 0.6) is 5.75 Å². The number of carbonyl (C=O) groups is 2. The number of ketones is 1. The van der Waals surface area contributed by atoms with E-state index in [2.05, 4.69) is 5.32 Å². The molecule has 2 aromatic rings. The van der Waals surface area contributed by atoms with E-state index in [0.717, 1.165) is 11.3 Å². The molecule has 0 saturated heterocycles. The van der Waals surface area contributed by atoms with Gasteiger partial charge in [0.2, 0.25) is 5.91 Å². The Labute approximate surface area is 156 Å². The molecule has 1 N–H and O–H groups in total. The van der Waals surface area contributed by atoms with Crippen molar-refractivity contribution in [1.29, 1.82) is 0 Å². The Morgan fingerprint density at radius 2 is 1.88 bits per heavy atom. The molecule has 0 aliphatic rings. The van der Waals surface area contributed by atoms with Gasteiger partial charge in [-0.2, -0.15) is 0 Å². The lowest BCUT2D eigenvalue weighted by Gasteiger charge is -2.14. The van der Waals surface area contributed by atoms with Crippen molar-refractivity contribution in [3.8, 4) is 5.75 Å². The summed E-state index contributed by atoms with van der Waals surface area (Å²) in [6.45, 7) is 3.36. The number of amides is 1. The molecule has 6 heteroatoms. The molecule has 0 bridgehead atoms. The van der Waals surface area contributed by atoms with Crippen molar-refractivity contribution < 1.29 is 14.3 Å². The van der Waals surface area contributed by atoms with Crippen molar-refractivity contribution in [2.75, 3.05) is 12.4 Å². The lowest BCUT2D eigenvalue weighted by atomic mass is 10.1. The highest BCUT2D eigenvalue weighted by Gasteiger charge is 2.15. The molecule has 1 unspecified atom stereocenters. The number of benzene rings is 2. The second-order valence-electron chi connectivity index (χ2n) is 5.53. The van der Waals surface area contributed by atoms with Crippen molar-refractivity contribution in [1.82, 2.24) is 0 Å². The van der Waals surface area contributed by atoms with Crippen molar-refractivity contribution in [2.24, 2.45) is 0 Å². The van der Waals surface area contributed by atoms with Crippen LogP contribution in [-0.4, -0.2) is 24.1 Å². The summed E-state index contributed by atoms with van der Waals surface area (Å²) in [5, 5.41) is 3.24. The zero-order valence-corrected chi connectivity index (χ0v) is 15.9. The number of anilines is 1. The summed E-state index contributed by atoms with van der Waals surface area (Å²) in [5.74, 6) is 1.27. The normalized spacial score (nSPS) is 11.7. The highest BCUT2D eigenvalue weighted by Crippen LogP contribution is 2.28. The fourth-order valence-electron chi connectivity index (χ4n) is 2.18. The SMILES string of the molecule is COc1ccc(Cl)cc1CSC(C)C(=O)Nc1ccc(C(C)=O)cc1. The molecule has 0 heterocycles. The summed E-state index contributed by atoms with van der Waals surface area (Å²) in [5.41, 5.74) is 2.24. The molecule has 2 rings (SSSR count). The van der Waals surface area contributed by atoms with Gasteiger partial charge in [-0.1, -0.05) is 11.6 Å². The van der Waals surface area contributed by atoms with Crippen LogP contribution in [0.25, 0.3) is 0 Å². The number of halogens is 1. The van der Waals surface area contributed by atoms with E-state index in [1.54, 1.807) is 37.4 Å². The smallest absolute Gasteiger partial charge is 0.237 e. The Hall–Kier alpha value is -1.98. The number of methoxy groups -OCH3 is 1. The van der Waals surface area contributed by atoms with Gasteiger partial charge in [0.15, 0.2) is 5.78 Å². The summed E-state index contributed by atoms with van der Waals surface area (Å²) < 4.78 is 5.32. The molecule has 4 nitrogen and oxygen atoms in total. The van der Waals surface area contributed by atoms with E-state index < -0.39 is 0 Å². The van der Waals surface area contributed by atoms with Crippen LogP contribution >= 0.6 is 23.4 Å². The number of ether oxygens (including phenoxy) is 1. The zero-order valence-electron chi connectivity index (χ0n) is 14.3. The van der Waals surface area contributed by atoms with Crippen LogP contribution in [0, 0.1) is 0 Å². The molecule has 0 aliphatic heterocycles. The van der Waals surface area contributed by atoms with Gasteiger partial charge in [0, 0.05) is 27.6 Å². The molecule has 25 heavy (non-hydrogen) atoms. The van der Waals surface area contributed by atoms with Crippen molar-refractivity contribution in [3.05, 3.63) is 58.6 Å². The van der Waals surface area contributed by atoms with Gasteiger partial charge in [-0.25, -0.2) is 0 Å². The number of hydrogen-bond acceptors (Lipinski definition) is 4. The predicted octanol–water partition coefficient (Wildman–Crippen LogP) is 4.81. The summed E-state index contributed by atoms with van der Waals surface area (Å²) in [6, 6.07) is 12.3. The Morgan fingerprint density at radius 1 is 1.20 bits per heavy atom. The third-order valence-electron chi connectivity index (χ3n) is 3.66. The molecule has 0 aliphatic carbocycles. The van der Waals surface area contributed by atoms with Crippen molar-refractivity contribution >= 4 is 40.7 Å². The zero-order chi connectivity index (χ0) is 18.4. The third kappa shape index (κ3) is 5.51. The van der Waals surface area contributed by atoms with E-state index in [1.807, 2.05) is 19.1 Å². The second kappa shape index (κ2) is 8.92. The van der Waals surface area contributed by atoms with E-state index in [9.17, 15) is 9.59 Å². The largest absolute Gasteiger partial charge is 0.496 e. The molecule has 0 radical (unpaired) electrons. The summed E-state index contributed by atoms with van der Waals surface area (Å²) in [6.07, 6.45) is 0. The third-order valence-corrected chi connectivity index (χ3v) is 5.09. The van der Waals surface area contributed by atoms with Gasteiger partial charge in [0.05, 0.1) is 12.4 Å². The van der Waals surface area contributed by atoms with E-state index in [1.165, 1.54) is 18.7 Å². The van der Waals surface area contributed by atoms with E-state index >= 15 is 0 Å². The van der Waals surface area contributed by atoms with Gasteiger partial charge in [-0.05, 0) is 56.3 Å². The number of carbonyl (C=O) groups excluding carboxylic acids is 2. The average Bonchev–Trinajstić information content (AvgIpc) is 2.60. The van der Waals surface area contributed by atoms with Gasteiger partial charge < -0.3 is 10.1 Å². The van der Waals surface area contributed by atoms with Gasteiger partial charge in [-0.15, -0.1) is 11.8 Å². The Kier molecular flexibility index (Phi) is 6.91. The molecular formula is C19H20ClNO3S. The average molecular weight is 378 g/mol. The minimum Gasteiger partial charge on any atom is -0.496 e. The molecule has 0 saturated carbocycles. The molecule has 132 valence electrons. The molecule has 1 atom stereocenters. The fourth-order valence-corrected chi connectivity index (χ4v) is 3.24. The molecule has 1 amide bonds. The van der Waals surface area contributed by atoms with E-state index in [4.69, 9.17) is 16.3 Å². The summed E-state index contributed by atoms with van der Waals surface area (Å²) in [4.78, 5) is 23.6. The first-order valence-electron chi connectivity index (χ1n) is 7.76. The molecule has 2 aromatic carbocycles. The number of Topliss-reactive ketones (excluding diaryl/α,β-unsaturated/α-hetero) is 1. The Morgan fingerprint density at radius 3 is 2.48 bits per heavy atom. The van der Waals surface area contributed by atoms with Crippen LogP contribution in [0.3, 0.4) is 0 Å². The maximum atomic E-state index is 12.3. The first-order chi connectivity index (χ1) is 11.9. The maximum Gasteiger partial charge on any atom is 0.237 e. The number of rotatable bonds is 7. The summed E-state index contributed by atoms with van der Waals surface area (Å²) >= 11 is 7.52. The minimum atomic E-state index is -0.254. The number of nitrogens with one attached hydrogen (secondary N) is 1. The standard InChI is InChI=1S/C19H20ClNO3S/c1-12(22)14-4-7-17(8-5-14)21-19(23)13(2)25-11-15-10-16(20)6-9-18(15)24-3/h4-10,13H,11H2,1-3H3,(H,21,23). The molecular weight excluding hydrogens is 358 g/mol.